The van der Waals surface area contributed by atoms with Gasteiger partial charge in [0.2, 0.25) is 0 Å². The third kappa shape index (κ3) is 4.05. The van der Waals surface area contributed by atoms with Gasteiger partial charge >= 0.3 is 12.1 Å². The Hall–Kier alpha value is -4.12. The van der Waals surface area contributed by atoms with Crippen LogP contribution in [0.4, 0.5) is 4.79 Å². The van der Waals surface area contributed by atoms with Crippen molar-refractivity contribution in [1.29, 1.82) is 0 Å². The predicted octanol–water partition coefficient (Wildman–Crippen LogP) is 5.68. The molecule has 33 heavy (non-hydrogen) atoms. The van der Waals surface area contributed by atoms with Crippen LogP contribution in [0.3, 0.4) is 0 Å². The summed E-state index contributed by atoms with van der Waals surface area (Å²) in [6.45, 7) is -0.122. The number of aliphatic carboxylic acids is 1. The van der Waals surface area contributed by atoms with Crippen LogP contribution in [0, 0.1) is 0 Å². The molecule has 0 saturated carbocycles. The molecule has 0 aromatic heterocycles. The number of carboxylic acid groups (broad SMARTS) is 1. The highest BCUT2D eigenvalue weighted by Gasteiger charge is 2.30. The first-order valence-electron chi connectivity index (χ1n) is 10.9. The van der Waals surface area contributed by atoms with Crippen molar-refractivity contribution in [3.63, 3.8) is 0 Å². The van der Waals surface area contributed by atoms with Crippen LogP contribution in [0.1, 0.15) is 22.6 Å². The topological polar surface area (TPSA) is 66.8 Å². The molecule has 4 aromatic rings. The Balaban J connectivity index is 1.37. The molecule has 4 aromatic carbocycles. The SMILES string of the molecule is O=C(O)CN(Cc1cccc2ccccc12)C(=O)OCC1c2ccccc2-c2ccccc21. The first-order chi connectivity index (χ1) is 16.1. The van der Waals surface area contributed by atoms with Crippen LogP contribution >= 0.6 is 0 Å². The second-order valence-electron chi connectivity index (χ2n) is 8.19. The van der Waals surface area contributed by atoms with Crippen molar-refractivity contribution in [2.24, 2.45) is 0 Å². The van der Waals surface area contributed by atoms with Crippen LogP contribution in [0.15, 0.2) is 91.0 Å². The average molecular weight is 437 g/mol. The molecule has 1 N–H and O–H groups in total. The number of carbonyl (C=O) groups is 2. The van der Waals surface area contributed by atoms with Crippen molar-refractivity contribution in [1.82, 2.24) is 4.90 Å². The van der Waals surface area contributed by atoms with Gasteiger partial charge in [0.1, 0.15) is 13.2 Å². The number of ether oxygens (including phenoxy) is 1. The number of benzene rings is 4. The molecule has 0 bridgehead atoms. The summed E-state index contributed by atoms with van der Waals surface area (Å²) in [6, 6.07) is 29.9. The number of carbonyl (C=O) groups excluding carboxylic acids is 1. The molecule has 5 heteroatoms. The zero-order valence-corrected chi connectivity index (χ0v) is 18.0. The molecule has 0 aliphatic heterocycles. The number of fused-ring (bicyclic) bond motifs is 4. The third-order valence-electron chi connectivity index (χ3n) is 6.16. The van der Waals surface area contributed by atoms with Crippen LogP contribution < -0.4 is 0 Å². The van der Waals surface area contributed by atoms with E-state index in [-0.39, 0.29) is 19.1 Å². The van der Waals surface area contributed by atoms with Gasteiger partial charge in [0.25, 0.3) is 0 Å². The molecular formula is C28H23NO4. The van der Waals surface area contributed by atoms with Crippen molar-refractivity contribution in [3.05, 3.63) is 108 Å². The van der Waals surface area contributed by atoms with Gasteiger partial charge in [-0.25, -0.2) is 4.79 Å². The maximum absolute atomic E-state index is 13.0. The molecule has 5 nitrogen and oxygen atoms in total. The Kier molecular flexibility index (Phi) is 5.53. The summed E-state index contributed by atoms with van der Waals surface area (Å²) in [7, 11) is 0. The van der Waals surface area contributed by atoms with E-state index in [0.717, 1.165) is 38.6 Å². The van der Waals surface area contributed by atoms with Crippen molar-refractivity contribution in [2.75, 3.05) is 13.2 Å². The highest BCUT2D eigenvalue weighted by molar-refractivity contribution is 5.86. The Labute approximate surface area is 191 Å². The van der Waals surface area contributed by atoms with Crippen molar-refractivity contribution >= 4 is 22.8 Å². The first-order valence-corrected chi connectivity index (χ1v) is 10.9. The summed E-state index contributed by atoms with van der Waals surface area (Å²) in [5.41, 5.74) is 5.40. The van der Waals surface area contributed by atoms with Gasteiger partial charge in [-0.1, -0.05) is 91.0 Å². The van der Waals surface area contributed by atoms with E-state index in [2.05, 4.69) is 24.3 Å². The minimum Gasteiger partial charge on any atom is -0.480 e. The van der Waals surface area contributed by atoms with E-state index in [4.69, 9.17) is 4.74 Å². The maximum Gasteiger partial charge on any atom is 0.410 e. The van der Waals surface area contributed by atoms with Crippen LogP contribution in [-0.4, -0.2) is 35.2 Å². The standard InChI is InChI=1S/C28H23NO4/c30-27(31)17-29(16-20-10-7-9-19-8-1-2-11-21(19)20)28(32)33-18-26-24-14-5-3-12-22(24)23-13-4-6-15-25(23)26/h1-15,26H,16-18H2,(H,30,31). The lowest BCUT2D eigenvalue weighted by molar-refractivity contribution is -0.138. The van der Waals surface area contributed by atoms with E-state index in [0.29, 0.717) is 0 Å². The van der Waals surface area contributed by atoms with E-state index >= 15 is 0 Å². The fourth-order valence-corrected chi connectivity index (χ4v) is 4.67. The lowest BCUT2D eigenvalue weighted by atomic mass is 9.98. The molecule has 1 aliphatic rings. The van der Waals surface area contributed by atoms with Gasteiger partial charge < -0.3 is 9.84 Å². The van der Waals surface area contributed by atoms with Crippen LogP contribution in [0.2, 0.25) is 0 Å². The fraction of sp³-hybridized carbons (Fsp3) is 0.143. The molecule has 0 spiro atoms. The zero-order chi connectivity index (χ0) is 22.8. The number of hydrogen-bond donors (Lipinski definition) is 1. The van der Waals surface area contributed by atoms with Crippen molar-refractivity contribution in [3.8, 4) is 11.1 Å². The summed E-state index contributed by atoms with van der Waals surface area (Å²) in [4.78, 5) is 25.8. The average Bonchev–Trinajstić information content (AvgIpc) is 3.16. The molecule has 0 unspecified atom stereocenters. The molecule has 0 saturated heterocycles. The third-order valence-corrected chi connectivity index (χ3v) is 6.16. The quantitative estimate of drug-likeness (QED) is 0.422. The highest BCUT2D eigenvalue weighted by Crippen LogP contribution is 2.44. The van der Waals surface area contributed by atoms with E-state index < -0.39 is 18.6 Å². The normalized spacial score (nSPS) is 12.2. The molecule has 0 atom stereocenters. The van der Waals surface area contributed by atoms with Gasteiger partial charge in [-0.2, -0.15) is 0 Å². The van der Waals surface area contributed by atoms with Gasteiger partial charge in [0.05, 0.1) is 6.54 Å². The molecule has 1 aliphatic carbocycles. The number of amides is 1. The molecule has 0 radical (unpaired) electrons. The lowest BCUT2D eigenvalue weighted by Crippen LogP contribution is -2.36. The number of carboxylic acids is 1. The van der Waals surface area contributed by atoms with Gasteiger partial charge in [-0.15, -0.1) is 0 Å². The molecule has 0 fully saturated rings. The summed E-state index contributed by atoms with van der Waals surface area (Å²) in [6.07, 6.45) is -0.632. The van der Waals surface area contributed by atoms with Crippen LogP contribution in [0.25, 0.3) is 21.9 Å². The minimum atomic E-state index is -1.08. The summed E-state index contributed by atoms with van der Waals surface area (Å²) < 4.78 is 5.71. The maximum atomic E-state index is 13.0. The number of nitrogens with zero attached hydrogens (tertiary/aromatic N) is 1. The van der Waals surface area contributed by atoms with Crippen LogP contribution in [0.5, 0.6) is 0 Å². The monoisotopic (exact) mass is 437 g/mol. The van der Waals surface area contributed by atoms with Gasteiger partial charge in [0, 0.05) is 5.92 Å². The Morgan fingerprint density at radius 2 is 1.39 bits per heavy atom. The van der Waals surface area contributed by atoms with Gasteiger partial charge in [-0.3, -0.25) is 9.69 Å². The van der Waals surface area contributed by atoms with Crippen molar-refractivity contribution in [2.45, 2.75) is 12.5 Å². The largest absolute Gasteiger partial charge is 0.480 e. The predicted molar refractivity (Wildman–Crippen MR) is 127 cm³/mol. The number of rotatable bonds is 6. The van der Waals surface area contributed by atoms with E-state index in [1.54, 1.807) is 0 Å². The summed E-state index contributed by atoms with van der Waals surface area (Å²) in [5.74, 6) is -1.16. The van der Waals surface area contributed by atoms with E-state index in [9.17, 15) is 14.7 Å². The molecule has 164 valence electrons. The molecule has 0 heterocycles. The Morgan fingerprint density at radius 3 is 2.09 bits per heavy atom. The van der Waals surface area contributed by atoms with Gasteiger partial charge in [-0.05, 0) is 38.6 Å². The zero-order valence-electron chi connectivity index (χ0n) is 18.0. The summed E-state index contributed by atoms with van der Waals surface area (Å²) >= 11 is 0. The fourth-order valence-electron chi connectivity index (χ4n) is 4.67. The first kappa shape index (κ1) is 20.8. The number of hydrogen-bond acceptors (Lipinski definition) is 3. The van der Waals surface area contributed by atoms with E-state index in [1.807, 2.05) is 66.7 Å². The lowest BCUT2D eigenvalue weighted by Gasteiger charge is -2.23. The smallest absolute Gasteiger partial charge is 0.410 e. The summed E-state index contributed by atoms with van der Waals surface area (Å²) in [5, 5.41) is 11.4. The van der Waals surface area contributed by atoms with Crippen LogP contribution in [-0.2, 0) is 16.1 Å². The van der Waals surface area contributed by atoms with E-state index in [1.165, 1.54) is 4.90 Å². The Bertz CT molecular complexity index is 1300. The van der Waals surface area contributed by atoms with Gasteiger partial charge in [0.15, 0.2) is 0 Å². The second kappa shape index (κ2) is 8.79. The molecule has 5 rings (SSSR count). The minimum absolute atomic E-state index is 0.0782. The molecular weight excluding hydrogens is 414 g/mol. The molecule has 1 amide bonds. The van der Waals surface area contributed by atoms with Crippen molar-refractivity contribution < 1.29 is 19.4 Å². The highest BCUT2D eigenvalue weighted by atomic mass is 16.6. The Morgan fingerprint density at radius 1 is 0.788 bits per heavy atom. The second-order valence-corrected chi connectivity index (χ2v) is 8.19.